The van der Waals surface area contributed by atoms with Crippen LogP contribution >= 0.6 is 0 Å². The number of rotatable bonds is 2. The van der Waals surface area contributed by atoms with Crippen LogP contribution in [-0.2, 0) is 12.2 Å². The van der Waals surface area contributed by atoms with Gasteiger partial charge in [-0.15, -0.1) is 0 Å². The van der Waals surface area contributed by atoms with Crippen LogP contribution < -0.4 is 5.32 Å². The number of hydrogen-bond donors (Lipinski definition) is 3. The topological polar surface area (TPSA) is 65.6 Å². The van der Waals surface area contributed by atoms with Crippen LogP contribution in [0, 0.1) is 0 Å². The molecule has 4 heteroatoms. The van der Waals surface area contributed by atoms with E-state index in [1.165, 1.54) is 0 Å². The third kappa shape index (κ3) is 1.48. The lowest BCUT2D eigenvalue weighted by atomic mass is 10.0. The lowest BCUT2D eigenvalue weighted by molar-refractivity contribution is 0.0330. The first-order chi connectivity index (χ1) is 6.24. The minimum absolute atomic E-state index is 0.122. The first-order valence-electron chi connectivity index (χ1n) is 4.38. The Bertz CT molecular complexity index is 289. The molecular formula is C9H13NO3. The Balaban J connectivity index is 2.23. The molecule has 13 heavy (non-hydrogen) atoms. The van der Waals surface area contributed by atoms with E-state index in [0.29, 0.717) is 24.5 Å². The Hall–Kier alpha value is -0.840. The molecule has 72 valence electrons. The van der Waals surface area contributed by atoms with Crippen molar-refractivity contribution < 1.29 is 14.6 Å². The van der Waals surface area contributed by atoms with Crippen molar-refractivity contribution in [2.75, 3.05) is 13.1 Å². The van der Waals surface area contributed by atoms with Crippen molar-refractivity contribution in [1.29, 1.82) is 0 Å². The smallest absolute Gasteiger partial charge is 0.137 e. The molecule has 0 saturated carbocycles. The SMILES string of the molecule is OCc1ccc(C2(O)CCNC2)o1. The van der Waals surface area contributed by atoms with Gasteiger partial charge in [0.25, 0.3) is 0 Å². The number of aliphatic hydroxyl groups is 2. The second-order valence-electron chi connectivity index (χ2n) is 3.38. The molecule has 0 bridgehead atoms. The zero-order valence-electron chi connectivity index (χ0n) is 7.29. The van der Waals surface area contributed by atoms with Gasteiger partial charge in [0.2, 0.25) is 0 Å². The van der Waals surface area contributed by atoms with E-state index in [0.717, 1.165) is 6.54 Å². The van der Waals surface area contributed by atoms with Crippen LogP contribution in [0.1, 0.15) is 17.9 Å². The molecule has 1 fully saturated rings. The second kappa shape index (κ2) is 3.14. The molecule has 1 saturated heterocycles. The average Bonchev–Trinajstić information content (AvgIpc) is 2.72. The van der Waals surface area contributed by atoms with E-state index in [4.69, 9.17) is 9.52 Å². The van der Waals surface area contributed by atoms with E-state index < -0.39 is 5.60 Å². The molecule has 4 nitrogen and oxygen atoms in total. The lowest BCUT2D eigenvalue weighted by Gasteiger charge is -2.17. The summed E-state index contributed by atoms with van der Waals surface area (Å²) >= 11 is 0. The third-order valence-electron chi connectivity index (χ3n) is 2.41. The van der Waals surface area contributed by atoms with Gasteiger partial charge in [0, 0.05) is 6.54 Å². The van der Waals surface area contributed by atoms with Gasteiger partial charge in [-0.1, -0.05) is 0 Å². The standard InChI is InChI=1S/C9H13NO3/c11-5-7-1-2-8(13-7)9(12)3-4-10-6-9/h1-2,10-12H,3-6H2. The Morgan fingerprint density at radius 2 is 2.38 bits per heavy atom. The molecule has 1 aliphatic rings. The van der Waals surface area contributed by atoms with Crippen LogP contribution in [0.2, 0.25) is 0 Å². The van der Waals surface area contributed by atoms with Gasteiger partial charge in [0.1, 0.15) is 23.7 Å². The fraction of sp³-hybridized carbons (Fsp3) is 0.556. The van der Waals surface area contributed by atoms with Crippen molar-refractivity contribution >= 4 is 0 Å². The summed E-state index contributed by atoms with van der Waals surface area (Å²) in [6.45, 7) is 1.19. The third-order valence-corrected chi connectivity index (χ3v) is 2.41. The summed E-state index contributed by atoms with van der Waals surface area (Å²) in [5, 5.41) is 21.9. The number of furan rings is 1. The zero-order valence-corrected chi connectivity index (χ0v) is 7.29. The van der Waals surface area contributed by atoms with E-state index in [9.17, 15) is 5.11 Å². The van der Waals surface area contributed by atoms with Crippen LogP contribution in [0.5, 0.6) is 0 Å². The van der Waals surface area contributed by atoms with Gasteiger partial charge in [-0.05, 0) is 25.1 Å². The molecule has 2 heterocycles. The van der Waals surface area contributed by atoms with Gasteiger partial charge in [-0.3, -0.25) is 0 Å². The number of β-amino-alcohol motifs (C(OH)–C–C–N with tert-alkyl or cyclic N) is 1. The largest absolute Gasteiger partial charge is 0.461 e. The Morgan fingerprint density at radius 1 is 1.54 bits per heavy atom. The van der Waals surface area contributed by atoms with E-state index in [-0.39, 0.29) is 6.61 Å². The maximum absolute atomic E-state index is 10.0. The first-order valence-corrected chi connectivity index (χ1v) is 4.38. The monoisotopic (exact) mass is 183 g/mol. The minimum Gasteiger partial charge on any atom is -0.461 e. The van der Waals surface area contributed by atoms with Gasteiger partial charge < -0.3 is 19.9 Å². The molecule has 0 radical (unpaired) electrons. The molecule has 1 aliphatic heterocycles. The summed E-state index contributed by atoms with van der Waals surface area (Å²) in [6.07, 6.45) is 0.658. The maximum Gasteiger partial charge on any atom is 0.137 e. The van der Waals surface area contributed by atoms with Crippen molar-refractivity contribution in [3.8, 4) is 0 Å². The Labute approximate surface area is 76.2 Å². The fourth-order valence-electron chi connectivity index (χ4n) is 1.60. The molecule has 2 rings (SSSR count). The summed E-state index contributed by atoms with van der Waals surface area (Å²) in [7, 11) is 0. The van der Waals surface area contributed by atoms with E-state index >= 15 is 0 Å². The van der Waals surface area contributed by atoms with E-state index in [2.05, 4.69) is 5.32 Å². The molecule has 0 amide bonds. The summed E-state index contributed by atoms with van der Waals surface area (Å²) in [5.41, 5.74) is -0.882. The van der Waals surface area contributed by atoms with Crippen LogP contribution in [0.3, 0.4) is 0 Å². The molecule has 0 spiro atoms. The lowest BCUT2D eigenvalue weighted by Crippen LogP contribution is -2.27. The van der Waals surface area contributed by atoms with Crippen molar-refractivity contribution in [3.05, 3.63) is 23.7 Å². The highest BCUT2D eigenvalue weighted by molar-refractivity contribution is 5.15. The van der Waals surface area contributed by atoms with Gasteiger partial charge in [0.15, 0.2) is 0 Å². The van der Waals surface area contributed by atoms with Crippen LogP contribution in [-0.4, -0.2) is 23.3 Å². The Morgan fingerprint density at radius 3 is 2.92 bits per heavy atom. The average molecular weight is 183 g/mol. The van der Waals surface area contributed by atoms with Gasteiger partial charge in [-0.2, -0.15) is 0 Å². The first kappa shape index (κ1) is 8.74. The minimum atomic E-state index is -0.882. The van der Waals surface area contributed by atoms with Crippen molar-refractivity contribution in [2.24, 2.45) is 0 Å². The predicted molar refractivity (Wildman–Crippen MR) is 46.0 cm³/mol. The number of nitrogens with one attached hydrogen (secondary N) is 1. The normalized spacial score (nSPS) is 28.2. The molecule has 1 unspecified atom stereocenters. The highest BCUT2D eigenvalue weighted by atomic mass is 16.4. The quantitative estimate of drug-likeness (QED) is 0.601. The van der Waals surface area contributed by atoms with Crippen LogP contribution in [0.15, 0.2) is 16.5 Å². The van der Waals surface area contributed by atoms with Crippen LogP contribution in [0.25, 0.3) is 0 Å². The Kier molecular flexibility index (Phi) is 2.11. The van der Waals surface area contributed by atoms with Gasteiger partial charge in [-0.25, -0.2) is 0 Å². The van der Waals surface area contributed by atoms with Crippen molar-refractivity contribution in [1.82, 2.24) is 5.32 Å². The molecule has 1 aromatic rings. The fourth-order valence-corrected chi connectivity index (χ4v) is 1.60. The number of hydrogen-bond acceptors (Lipinski definition) is 4. The molecule has 0 aromatic carbocycles. The van der Waals surface area contributed by atoms with E-state index in [1.54, 1.807) is 12.1 Å². The molecule has 1 atom stereocenters. The van der Waals surface area contributed by atoms with Gasteiger partial charge >= 0.3 is 0 Å². The second-order valence-corrected chi connectivity index (χ2v) is 3.38. The summed E-state index contributed by atoms with van der Waals surface area (Å²) < 4.78 is 5.28. The highest BCUT2D eigenvalue weighted by Gasteiger charge is 2.35. The molecular weight excluding hydrogens is 170 g/mol. The van der Waals surface area contributed by atoms with E-state index in [1.807, 2.05) is 0 Å². The predicted octanol–water partition coefficient (Wildman–Crippen LogP) is -0.0472. The molecule has 1 aromatic heterocycles. The molecule has 0 aliphatic carbocycles. The summed E-state index contributed by atoms with van der Waals surface area (Å²) in [6, 6.07) is 3.41. The summed E-state index contributed by atoms with van der Waals surface area (Å²) in [5.74, 6) is 1.04. The highest BCUT2D eigenvalue weighted by Crippen LogP contribution is 2.28. The van der Waals surface area contributed by atoms with Crippen molar-refractivity contribution in [2.45, 2.75) is 18.6 Å². The zero-order chi connectivity index (χ0) is 9.31. The van der Waals surface area contributed by atoms with Crippen LogP contribution in [0.4, 0.5) is 0 Å². The maximum atomic E-state index is 10.0. The molecule has 3 N–H and O–H groups in total. The van der Waals surface area contributed by atoms with Gasteiger partial charge in [0.05, 0.1) is 0 Å². The summed E-state index contributed by atoms with van der Waals surface area (Å²) in [4.78, 5) is 0. The van der Waals surface area contributed by atoms with Crippen molar-refractivity contribution in [3.63, 3.8) is 0 Å². The number of aliphatic hydroxyl groups excluding tert-OH is 1.